The molecule has 1 aromatic carbocycles. The van der Waals surface area contributed by atoms with Crippen molar-refractivity contribution >= 4 is 18.3 Å². The summed E-state index contributed by atoms with van der Waals surface area (Å²) in [5.74, 6) is -0.570. The summed E-state index contributed by atoms with van der Waals surface area (Å²) < 4.78 is 37.3. The third-order valence-electron chi connectivity index (χ3n) is 3.30. The van der Waals surface area contributed by atoms with Crippen LogP contribution in [0.1, 0.15) is 37.9 Å². The van der Waals surface area contributed by atoms with E-state index in [1.165, 1.54) is 12.1 Å². The molecule has 0 aliphatic rings. The SMILES string of the molecule is CC(NC(=O)C(C)C(C)N)c1ccc(C(F)(F)F)cc1.Cl. The Bertz CT molecular complexity index is 460. The molecular formula is C14H20ClF3N2O. The standard InChI is InChI=1S/C14H19F3N2O.ClH/c1-8(9(2)18)13(20)19-10(3)11-4-6-12(7-5-11)14(15,16)17;/h4-10H,18H2,1-3H3,(H,19,20);1H. The van der Waals surface area contributed by atoms with Crippen LogP contribution in [0.15, 0.2) is 24.3 Å². The largest absolute Gasteiger partial charge is 0.416 e. The van der Waals surface area contributed by atoms with Crippen LogP contribution in [0, 0.1) is 5.92 Å². The lowest BCUT2D eigenvalue weighted by Gasteiger charge is -2.20. The van der Waals surface area contributed by atoms with Gasteiger partial charge in [-0.15, -0.1) is 12.4 Å². The Labute approximate surface area is 128 Å². The maximum absolute atomic E-state index is 12.4. The Morgan fingerprint density at radius 3 is 2.00 bits per heavy atom. The van der Waals surface area contributed by atoms with E-state index in [9.17, 15) is 18.0 Å². The molecule has 0 aliphatic heterocycles. The first-order valence-corrected chi connectivity index (χ1v) is 6.36. The smallest absolute Gasteiger partial charge is 0.349 e. The number of carbonyl (C=O) groups is 1. The van der Waals surface area contributed by atoms with Crippen molar-refractivity contribution < 1.29 is 18.0 Å². The predicted octanol–water partition coefficient (Wildman–Crippen LogP) is 3.29. The first kappa shape index (κ1) is 19.7. The van der Waals surface area contributed by atoms with Crippen LogP contribution in [0.3, 0.4) is 0 Å². The summed E-state index contributed by atoms with van der Waals surface area (Å²) in [5, 5.41) is 2.74. The van der Waals surface area contributed by atoms with Crippen molar-refractivity contribution in [3.63, 3.8) is 0 Å². The monoisotopic (exact) mass is 324 g/mol. The zero-order chi connectivity index (χ0) is 15.5. The molecule has 0 spiro atoms. The van der Waals surface area contributed by atoms with Crippen molar-refractivity contribution in [1.29, 1.82) is 0 Å². The van der Waals surface area contributed by atoms with Crippen LogP contribution in [-0.2, 0) is 11.0 Å². The molecule has 3 nitrogen and oxygen atoms in total. The van der Waals surface area contributed by atoms with Crippen LogP contribution in [0.25, 0.3) is 0 Å². The Hall–Kier alpha value is -1.27. The van der Waals surface area contributed by atoms with E-state index >= 15 is 0 Å². The predicted molar refractivity (Wildman–Crippen MR) is 78.1 cm³/mol. The first-order valence-electron chi connectivity index (χ1n) is 6.36. The Balaban J connectivity index is 0.00000400. The minimum absolute atomic E-state index is 0. The molecule has 1 amide bonds. The lowest BCUT2D eigenvalue weighted by atomic mass is 10.0. The van der Waals surface area contributed by atoms with Crippen LogP contribution in [0.5, 0.6) is 0 Å². The third kappa shape index (κ3) is 5.55. The highest BCUT2D eigenvalue weighted by atomic mass is 35.5. The van der Waals surface area contributed by atoms with Gasteiger partial charge in [0.1, 0.15) is 0 Å². The zero-order valence-corrected chi connectivity index (χ0v) is 12.9. The summed E-state index contributed by atoms with van der Waals surface area (Å²) in [5.41, 5.74) is 5.54. The minimum Gasteiger partial charge on any atom is -0.349 e. The molecule has 21 heavy (non-hydrogen) atoms. The van der Waals surface area contributed by atoms with Gasteiger partial charge in [0, 0.05) is 12.0 Å². The second-order valence-corrected chi connectivity index (χ2v) is 5.00. The van der Waals surface area contributed by atoms with Gasteiger partial charge in [0.2, 0.25) is 5.91 Å². The van der Waals surface area contributed by atoms with Crippen LogP contribution < -0.4 is 11.1 Å². The van der Waals surface area contributed by atoms with Crippen molar-refractivity contribution in [3.8, 4) is 0 Å². The quantitative estimate of drug-likeness (QED) is 0.893. The van der Waals surface area contributed by atoms with Crippen LogP contribution >= 0.6 is 12.4 Å². The number of nitrogens with two attached hydrogens (primary N) is 1. The maximum atomic E-state index is 12.4. The van der Waals surface area contributed by atoms with E-state index in [1.807, 2.05) is 0 Å². The maximum Gasteiger partial charge on any atom is 0.416 e. The summed E-state index contributed by atoms with van der Waals surface area (Å²) in [6.07, 6.45) is -4.35. The van der Waals surface area contributed by atoms with Crippen LogP contribution in [0.4, 0.5) is 13.2 Å². The number of amides is 1. The average Bonchev–Trinajstić information content (AvgIpc) is 2.36. The van der Waals surface area contributed by atoms with Gasteiger partial charge in [-0.2, -0.15) is 13.2 Å². The molecule has 120 valence electrons. The number of carbonyl (C=O) groups excluding carboxylic acids is 1. The van der Waals surface area contributed by atoms with Gasteiger partial charge in [0.15, 0.2) is 0 Å². The van der Waals surface area contributed by atoms with E-state index in [4.69, 9.17) is 5.73 Å². The second-order valence-electron chi connectivity index (χ2n) is 5.00. The number of halogens is 4. The summed E-state index contributed by atoms with van der Waals surface area (Å²) in [7, 11) is 0. The molecule has 0 fully saturated rings. The van der Waals surface area contributed by atoms with E-state index in [0.717, 1.165) is 12.1 Å². The van der Waals surface area contributed by atoms with Gasteiger partial charge in [-0.1, -0.05) is 19.1 Å². The highest BCUT2D eigenvalue weighted by Gasteiger charge is 2.30. The van der Waals surface area contributed by atoms with E-state index < -0.39 is 11.7 Å². The Morgan fingerprint density at radius 2 is 1.62 bits per heavy atom. The number of hydrogen-bond donors (Lipinski definition) is 2. The molecule has 0 radical (unpaired) electrons. The summed E-state index contributed by atoms with van der Waals surface area (Å²) >= 11 is 0. The molecule has 0 heterocycles. The van der Waals surface area contributed by atoms with Gasteiger partial charge in [-0.3, -0.25) is 4.79 Å². The van der Waals surface area contributed by atoms with Gasteiger partial charge < -0.3 is 11.1 Å². The highest BCUT2D eigenvalue weighted by Crippen LogP contribution is 2.29. The Kier molecular flexibility index (Phi) is 7.19. The molecule has 3 atom stereocenters. The van der Waals surface area contributed by atoms with Crippen molar-refractivity contribution in [2.75, 3.05) is 0 Å². The van der Waals surface area contributed by atoms with Crippen molar-refractivity contribution in [1.82, 2.24) is 5.32 Å². The van der Waals surface area contributed by atoms with Crippen LogP contribution in [-0.4, -0.2) is 11.9 Å². The van der Waals surface area contributed by atoms with Gasteiger partial charge in [0.05, 0.1) is 11.6 Å². The lowest BCUT2D eigenvalue weighted by molar-refractivity contribution is -0.137. The molecule has 0 saturated heterocycles. The van der Waals surface area contributed by atoms with Gasteiger partial charge in [-0.05, 0) is 31.5 Å². The fraction of sp³-hybridized carbons (Fsp3) is 0.500. The number of alkyl halides is 3. The van der Waals surface area contributed by atoms with E-state index in [0.29, 0.717) is 5.56 Å². The molecule has 0 bridgehead atoms. The summed E-state index contributed by atoms with van der Waals surface area (Å²) in [4.78, 5) is 11.8. The van der Waals surface area contributed by atoms with Crippen molar-refractivity contribution in [3.05, 3.63) is 35.4 Å². The number of hydrogen-bond acceptors (Lipinski definition) is 2. The fourth-order valence-electron chi connectivity index (χ4n) is 1.63. The summed E-state index contributed by atoms with van der Waals surface area (Å²) in [6, 6.07) is 4.09. The zero-order valence-electron chi connectivity index (χ0n) is 12.1. The Morgan fingerprint density at radius 1 is 1.14 bits per heavy atom. The average molecular weight is 325 g/mol. The van der Waals surface area contributed by atoms with Gasteiger partial charge >= 0.3 is 6.18 Å². The normalized spacial score (nSPS) is 15.6. The second kappa shape index (κ2) is 7.66. The molecule has 7 heteroatoms. The minimum atomic E-state index is -4.35. The molecule has 1 aromatic rings. The molecule has 3 N–H and O–H groups in total. The van der Waals surface area contributed by atoms with E-state index in [1.54, 1.807) is 20.8 Å². The van der Waals surface area contributed by atoms with Gasteiger partial charge in [-0.25, -0.2) is 0 Å². The van der Waals surface area contributed by atoms with Crippen molar-refractivity contribution in [2.45, 2.75) is 39.0 Å². The van der Waals surface area contributed by atoms with Crippen LogP contribution in [0.2, 0.25) is 0 Å². The molecule has 0 saturated carbocycles. The lowest BCUT2D eigenvalue weighted by Crippen LogP contribution is -2.39. The first-order chi connectivity index (χ1) is 9.12. The molecular weight excluding hydrogens is 305 g/mol. The molecule has 0 aromatic heterocycles. The topological polar surface area (TPSA) is 55.1 Å². The number of rotatable bonds is 4. The fourth-order valence-corrected chi connectivity index (χ4v) is 1.63. The molecule has 1 rings (SSSR count). The highest BCUT2D eigenvalue weighted by molar-refractivity contribution is 5.85. The molecule has 3 unspecified atom stereocenters. The van der Waals surface area contributed by atoms with E-state index in [2.05, 4.69) is 5.32 Å². The van der Waals surface area contributed by atoms with Gasteiger partial charge in [0.25, 0.3) is 0 Å². The summed E-state index contributed by atoms with van der Waals surface area (Å²) in [6.45, 7) is 5.15. The van der Waals surface area contributed by atoms with Crippen molar-refractivity contribution in [2.24, 2.45) is 11.7 Å². The number of nitrogens with one attached hydrogen (secondary N) is 1. The number of benzene rings is 1. The third-order valence-corrected chi connectivity index (χ3v) is 3.30. The van der Waals surface area contributed by atoms with E-state index in [-0.39, 0.29) is 36.3 Å². The molecule has 0 aliphatic carbocycles.